The number of nitrogens with zero attached hydrogens (tertiary/aromatic N) is 1. The number of hydrogen-bond donors (Lipinski definition) is 1. The molecular formula is C24H25FN2O3S2. The van der Waals surface area contributed by atoms with Crippen LogP contribution in [0.25, 0.3) is 0 Å². The highest BCUT2D eigenvalue weighted by atomic mass is 32.2. The van der Waals surface area contributed by atoms with E-state index in [1.54, 1.807) is 11.3 Å². The number of benzene rings is 2. The van der Waals surface area contributed by atoms with Gasteiger partial charge in [0.25, 0.3) is 0 Å². The second kappa shape index (κ2) is 9.52. The number of piperidine rings is 1. The van der Waals surface area contributed by atoms with Gasteiger partial charge >= 0.3 is 0 Å². The number of halogens is 1. The fourth-order valence-corrected chi connectivity index (χ4v) is 6.25. The maximum absolute atomic E-state index is 13.2. The third-order valence-corrected chi connectivity index (χ3v) is 8.55. The molecule has 0 aliphatic carbocycles. The molecule has 1 amide bonds. The number of thiophene rings is 1. The fourth-order valence-electron chi connectivity index (χ4n) is 3.92. The summed E-state index contributed by atoms with van der Waals surface area (Å²) in [7, 11) is -3.79. The third kappa shape index (κ3) is 4.92. The average molecular weight is 473 g/mol. The lowest BCUT2D eigenvalue weighted by atomic mass is 9.97. The minimum Gasteiger partial charge on any atom is -0.344 e. The Kier molecular flexibility index (Phi) is 6.74. The number of nitrogens with one attached hydrogen (secondary N) is 1. The Morgan fingerprint density at radius 3 is 2.50 bits per heavy atom. The van der Waals surface area contributed by atoms with Crippen molar-refractivity contribution in [3.63, 3.8) is 0 Å². The second-order valence-electron chi connectivity index (χ2n) is 8.02. The molecule has 32 heavy (non-hydrogen) atoms. The summed E-state index contributed by atoms with van der Waals surface area (Å²) < 4.78 is 40.6. The SMILES string of the molecule is Cc1ccc(C(NC(=O)C2CCCN(S(=O)(=O)c3ccc(F)cc3)C2)c2cccs2)cc1. The molecule has 1 aliphatic rings. The predicted octanol–water partition coefficient (Wildman–Crippen LogP) is 4.50. The van der Waals surface area contributed by atoms with Crippen LogP contribution < -0.4 is 5.32 Å². The summed E-state index contributed by atoms with van der Waals surface area (Å²) in [4.78, 5) is 14.3. The lowest BCUT2D eigenvalue weighted by Gasteiger charge is -2.32. The topological polar surface area (TPSA) is 66.5 Å². The van der Waals surface area contributed by atoms with Crippen LogP contribution in [0.3, 0.4) is 0 Å². The molecule has 0 spiro atoms. The van der Waals surface area contributed by atoms with Crippen LogP contribution in [0.15, 0.2) is 70.9 Å². The zero-order chi connectivity index (χ0) is 22.7. The predicted molar refractivity (Wildman–Crippen MR) is 123 cm³/mol. The molecule has 2 atom stereocenters. The fraction of sp³-hybridized carbons (Fsp3) is 0.292. The van der Waals surface area contributed by atoms with Gasteiger partial charge in [0.15, 0.2) is 0 Å². The first kappa shape index (κ1) is 22.6. The van der Waals surface area contributed by atoms with E-state index in [2.05, 4.69) is 5.32 Å². The van der Waals surface area contributed by atoms with Crippen LogP contribution in [-0.2, 0) is 14.8 Å². The summed E-state index contributed by atoms with van der Waals surface area (Å²) in [5, 5.41) is 5.12. The molecule has 1 saturated heterocycles. The van der Waals surface area contributed by atoms with E-state index in [1.165, 1.54) is 16.4 Å². The zero-order valence-corrected chi connectivity index (χ0v) is 19.3. The molecule has 2 unspecified atom stereocenters. The summed E-state index contributed by atoms with van der Waals surface area (Å²) in [6.07, 6.45) is 1.21. The molecule has 2 aromatic carbocycles. The van der Waals surface area contributed by atoms with E-state index in [9.17, 15) is 17.6 Å². The van der Waals surface area contributed by atoms with Gasteiger partial charge in [-0.2, -0.15) is 4.31 Å². The highest BCUT2D eigenvalue weighted by Crippen LogP contribution is 2.29. The van der Waals surface area contributed by atoms with Crippen molar-refractivity contribution in [2.45, 2.75) is 30.7 Å². The Morgan fingerprint density at radius 1 is 1.12 bits per heavy atom. The quantitative estimate of drug-likeness (QED) is 0.574. The lowest BCUT2D eigenvalue weighted by molar-refractivity contribution is -0.126. The summed E-state index contributed by atoms with van der Waals surface area (Å²) in [6, 6.07) is 16.5. The number of carbonyl (C=O) groups excluding carboxylic acids is 1. The first-order chi connectivity index (χ1) is 15.3. The van der Waals surface area contributed by atoms with Crippen LogP contribution in [0.4, 0.5) is 4.39 Å². The molecule has 3 aromatic rings. The Balaban J connectivity index is 1.52. The standard InChI is InChI=1S/C24H25FN2O3S2/c1-17-6-8-18(9-7-17)23(22-5-3-15-31-22)26-24(28)19-4-2-14-27(16-19)32(29,30)21-12-10-20(25)11-13-21/h3,5-13,15,19,23H,2,4,14,16H2,1H3,(H,26,28). The molecule has 0 bridgehead atoms. The van der Waals surface area contributed by atoms with E-state index < -0.39 is 21.8 Å². The van der Waals surface area contributed by atoms with E-state index in [0.29, 0.717) is 19.4 Å². The molecule has 1 aliphatic heterocycles. The Bertz CT molecular complexity index is 1160. The maximum atomic E-state index is 13.2. The Labute approximate surface area is 191 Å². The van der Waals surface area contributed by atoms with Gasteiger partial charge < -0.3 is 5.32 Å². The molecule has 168 valence electrons. The van der Waals surface area contributed by atoms with Gasteiger partial charge in [-0.25, -0.2) is 12.8 Å². The Morgan fingerprint density at radius 2 is 1.84 bits per heavy atom. The molecule has 0 saturated carbocycles. The molecular weight excluding hydrogens is 447 g/mol. The molecule has 1 aromatic heterocycles. The number of carbonyl (C=O) groups is 1. The molecule has 8 heteroatoms. The van der Waals surface area contributed by atoms with Crippen LogP contribution >= 0.6 is 11.3 Å². The summed E-state index contributed by atoms with van der Waals surface area (Å²) in [6.45, 7) is 2.47. The van der Waals surface area contributed by atoms with Crippen LogP contribution in [0, 0.1) is 18.7 Å². The molecule has 1 fully saturated rings. The van der Waals surface area contributed by atoms with Crippen LogP contribution in [-0.4, -0.2) is 31.7 Å². The van der Waals surface area contributed by atoms with Gasteiger partial charge in [0.05, 0.1) is 16.9 Å². The lowest BCUT2D eigenvalue weighted by Crippen LogP contribution is -2.46. The largest absolute Gasteiger partial charge is 0.344 e. The first-order valence-corrected chi connectivity index (χ1v) is 12.8. The third-order valence-electron chi connectivity index (χ3n) is 5.73. The van der Waals surface area contributed by atoms with E-state index in [4.69, 9.17) is 0 Å². The van der Waals surface area contributed by atoms with Gasteiger partial charge in [-0.3, -0.25) is 4.79 Å². The van der Waals surface area contributed by atoms with E-state index >= 15 is 0 Å². The number of amides is 1. The zero-order valence-electron chi connectivity index (χ0n) is 17.7. The summed E-state index contributed by atoms with van der Waals surface area (Å²) >= 11 is 1.57. The monoisotopic (exact) mass is 472 g/mol. The highest BCUT2D eigenvalue weighted by Gasteiger charge is 2.34. The normalized spacial score (nSPS) is 18.2. The van der Waals surface area contributed by atoms with E-state index in [1.807, 2.05) is 48.7 Å². The van der Waals surface area contributed by atoms with E-state index in [0.717, 1.165) is 28.1 Å². The molecule has 1 N–H and O–H groups in total. The molecule has 2 heterocycles. The highest BCUT2D eigenvalue weighted by molar-refractivity contribution is 7.89. The number of sulfonamides is 1. The molecule has 5 nitrogen and oxygen atoms in total. The minimum atomic E-state index is -3.79. The second-order valence-corrected chi connectivity index (χ2v) is 10.9. The van der Waals surface area contributed by atoms with Crippen molar-refractivity contribution in [2.24, 2.45) is 5.92 Å². The first-order valence-electron chi connectivity index (χ1n) is 10.5. The van der Waals surface area contributed by atoms with Gasteiger partial charge in [0, 0.05) is 18.0 Å². The van der Waals surface area contributed by atoms with Gasteiger partial charge in [0.2, 0.25) is 15.9 Å². The molecule has 0 radical (unpaired) electrons. The minimum absolute atomic E-state index is 0.0380. The summed E-state index contributed by atoms with van der Waals surface area (Å²) in [5.74, 6) is -1.11. The van der Waals surface area contributed by atoms with E-state index in [-0.39, 0.29) is 23.4 Å². The summed E-state index contributed by atoms with van der Waals surface area (Å²) in [5.41, 5.74) is 2.12. The average Bonchev–Trinajstić information content (AvgIpc) is 3.33. The van der Waals surface area contributed by atoms with Gasteiger partial charge in [-0.1, -0.05) is 35.9 Å². The van der Waals surface area contributed by atoms with Gasteiger partial charge in [0.1, 0.15) is 5.82 Å². The van der Waals surface area contributed by atoms with Crippen molar-refractivity contribution in [2.75, 3.05) is 13.1 Å². The smallest absolute Gasteiger partial charge is 0.243 e. The van der Waals surface area contributed by atoms with Gasteiger partial charge in [-0.05, 0) is 61.0 Å². The van der Waals surface area contributed by atoms with Crippen molar-refractivity contribution in [3.8, 4) is 0 Å². The van der Waals surface area contributed by atoms with Crippen molar-refractivity contribution in [1.29, 1.82) is 0 Å². The Hall–Kier alpha value is -2.55. The molecule has 4 rings (SSSR count). The van der Waals surface area contributed by atoms with Crippen LogP contribution in [0.1, 0.15) is 34.9 Å². The number of aryl methyl sites for hydroxylation is 1. The van der Waals surface area contributed by atoms with Crippen LogP contribution in [0.2, 0.25) is 0 Å². The van der Waals surface area contributed by atoms with Crippen molar-refractivity contribution in [1.82, 2.24) is 9.62 Å². The maximum Gasteiger partial charge on any atom is 0.243 e. The van der Waals surface area contributed by atoms with Crippen molar-refractivity contribution in [3.05, 3.63) is 87.9 Å². The van der Waals surface area contributed by atoms with Crippen molar-refractivity contribution < 1.29 is 17.6 Å². The number of hydrogen-bond acceptors (Lipinski definition) is 4. The van der Waals surface area contributed by atoms with Crippen LogP contribution in [0.5, 0.6) is 0 Å². The van der Waals surface area contributed by atoms with Crippen molar-refractivity contribution >= 4 is 27.3 Å². The number of rotatable bonds is 6. The van der Waals surface area contributed by atoms with Gasteiger partial charge in [-0.15, -0.1) is 11.3 Å².